The molecule has 1 amide bonds. The Balaban J connectivity index is 1.77. The molecule has 2 rings (SSSR count). The highest BCUT2D eigenvalue weighted by Crippen LogP contribution is 2.27. The number of aromatic nitrogens is 1. The molecule has 1 aromatic heterocycles. The van der Waals surface area contributed by atoms with Crippen molar-refractivity contribution in [3.63, 3.8) is 0 Å². The minimum Gasteiger partial charge on any atom is -0.325 e. The number of carbonyl (C=O) groups is 1. The van der Waals surface area contributed by atoms with E-state index in [2.05, 4.69) is 27.1 Å². The largest absolute Gasteiger partial charge is 0.433 e. The van der Waals surface area contributed by atoms with Crippen LogP contribution < -0.4 is 5.32 Å². The van der Waals surface area contributed by atoms with Crippen LogP contribution in [0.1, 0.15) is 12.1 Å². The summed E-state index contributed by atoms with van der Waals surface area (Å²) >= 11 is 0. The summed E-state index contributed by atoms with van der Waals surface area (Å²) in [7, 11) is 2.06. The Labute approximate surface area is 127 Å². The summed E-state index contributed by atoms with van der Waals surface area (Å²) in [6.45, 7) is 4.44. The zero-order valence-corrected chi connectivity index (χ0v) is 12.4. The fraction of sp³-hybridized carbons (Fsp3) is 0.571. The fourth-order valence-corrected chi connectivity index (χ4v) is 2.19. The molecule has 1 fully saturated rings. The molecule has 0 saturated carbocycles. The van der Waals surface area contributed by atoms with Gasteiger partial charge >= 0.3 is 6.18 Å². The van der Waals surface area contributed by atoms with Crippen LogP contribution in [0.2, 0.25) is 0 Å². The number of piperazine rings is 1. The number of rotatable bonds is 4. The Morgan fingerprint density at radius 2 is 1.95 bits per heavy atom. The molecule has 0 bridgehead atoms. The van der Waals surface area contributed by atoms with Crippen molar-refractivity contribution in [2.75, 3.05) is 45.1 Å². The number of hydrogen-bond donors (Lipinski definition) is 1. The molecule has 22 heavy (non-hydrogen) atoms. The maximum atomic E-state index is 12.4. The van der Waals surface area contributed by atoms with Gasteiger partial charge in [0.1, 0.15) is 5.69 Å². The van der Waals surface area contributed by atoms with Crippen LogP contribution in [0, 0.1) is 0 Å². The van der Waals surface area contributed by atoms with Crippen molar-refractivity contribution < 1.29 is 18.0 Å². The summed E-state index contributed by atoms with van der Waals surface area (Å²) in [4.78, 5) is 19.5. The standard InChI is InChI=1S/C14H19F3N4O/c1-20-6-8-21(9-7-20)5-4-13(22)19-11-2-3-12(18-10-11)14(15,16)17/h2-3,10H,4-9H2,1H3,(H,19,22). The highest BCUT2D eigenvalue weighted by atomic mass is 19.4. The van der Waals surface area contributed by atoms with E-state index in [0.29, 0.717) is 13.0 Å². The lowest BCUT2D eigenvalue weighted by Crippen LogP contribution is -2.45. The zero-order chi connectivity index (χ0) is 16.2. The number of halogens is 3. The molecule has 0 aliphatic carbocycles. The van der Waals surface area contributed by atoms with E-state index in [1.807, 2.05) is 0 Å². The number of anilines is 1. The van der Waals surface area contributed by atoms with Crippen LogP contribution in [-0.4, -0.2) is 60.5 Å². The highest BCUT2D eigenvalue weighted by molar-refractivity contribution is 5.90. The SMILES string of the molecule is CN1CCN(CCC(=O)Nc2ccc(C(F)(F)F)nc2)CC1. The van der Waals surface area contributed by atoms with Crippen molar-refractivity contribution in [1.82, 2.24) is 14.8 Å². The average molecular weight is 316 g/mol. The van der Waals surface area contributed by atoms with Crippen LogP contribution in [0.15, 0.2) is 18.3 Å². The second-order valence-electron chi connectivity index (χ2n) is 5.37. The van der Waals surface area contributed by atoms with E-state index >= 15 is 0 Å². The molecule has 0 atom stereocenters. The number of hydrogen-bond acceptors (Lipinski definition) is 4. The first-order valence-corrected chi connectivity index (χ1v) is 7.08. The van der Waals surface area contributed by atoms with Crippen LogP contribution in [-0.2, 0) is 11.0 Å². The van der Waals surface area contributed by atoms with Gasteiger partial charge < -0.3 is 15.1 Å². The van der Waals surface area contributed by atoms with Gasteiger partial charge in [0.05, 0.1) is 11.9 Å². The van der Waals surface area contributed by atoms with Gasteiger partial charge in [0, 0.05) is 39.1 Å². The smallest absolute Gasteiger partial charge is 0.325 e. The second-order valence-corrected chi connectivity index (χ2v) is 5.37. The lowest BCUT2D eigenvalue weighted by Gasteiger charge is -2.32. The Kier molecular flexibility index (Phi) is 5.36. The molecule has 5 nitrogen and oxygen atoms in total. The summed E-state index contributed by atoms with van der Waals surface area (Å²) in [5, 5.41) is 2.56. The molecule has 0 aromatic carbocycles. The number of pyridine rings is 1. The molecule has 1 aliphatic heterocycles. The van der Waals surface area contributed by atoms with Crippen molar-refractivity contribution in [3.8, 4) is 0 Å². The zero-order valence-electron chi connectivity index (χ0n) is 12.4. The summed E-state index contributed by atoms with van der Waals surface area (Å²) < 4.78 is 37.1. The number of nitrogens with one attached hydrogen (secondary N) is 1. The van der Waals surface area contributed by atoms with Gasteiger partial charge in [-0.1, -0.05) is 0 Å². The fourth-order valence-electron chi connectivity index (χ4n) is 2.19. The maximum absolute atomic E-state index is 12.4. The normalized spacial score (nSPS) is 17.5. The number of nitrogens with zero attached hydrogens (tertiary/aromatic N) is 3. The van der Waals surface area contributed by atoms with Gasteiger partial charge in [-0.05, 0) is 19.2 Å². The van der Waals surface area contributed by atoms with Crippen molar-refractivity contribution in [3.05, 3.63) is 24.0 Å². The molecular weight excluding hydrogens is 297 g/mol. The van der Waals surface area contributed by atoms with Crippen LogP contribution in [0.5, 0.6) is 0 Å². The predicted molar refractivity (Wildman–Crippen MR) is 76.4 cm³/mol. The number of carbonyl (C=O) groups excluding carboxylic acids is 1. The predicted octanol–water partition coefficient (Wildman–Crippen LogP) is 1.68. The first kappa shape index (κ1) is 16.7. The molecule has 1 saturated heterocycles. The lowest BCUT2D eigenvalue weighted by atomic mass is 10.3. The van der Waals surface area contributed by atoms with Crippen molar-refractivity contribution in [2.24, 2.45) is 0 Å². The second kappa shape index (κ2) is 7.06. The summed E-state index contributed by atoms with van der Waals surface area (Å²) in [6, 6.07) is 2.07. The van der Waals surface area contributed by atoms with E-state index in [1.54, 1.807) is 0 Å². The monoisotopic (exact) mass is 316 g/mol. The van der Waals surface area contributed by atoms with E-state index in [9.17, 15) is 18.0 Å². The van der Waals surface area contributed by atoms with E-state index in [0.717, 1.165) is 38.4 Å². The first-order chi connectivity index (χ1) is 10.3. The molecule has 1 aromatic rings. The van der Waals surface area contributed by atoms with Crippen LogP contribution in [0.3, 0.4) is 0 Å². The molecule has 8 heteroatoms. The topological polar surface area (TPSA) is 48.5 Å². The number of alkyl halides is 3. The van der Waals surface area contributed by atoms with Crippen molar-refractivity contribution in [2.45, 2.75) is 12.6 Å². The Morgan fingerprint density at radius 1 is 1.27 bits per heavy atom. The van der Waals surface area contributed by atoms with E-state index in [-0.39, 0.29) is 11.6 Å². The molecule has 0 unspecified atom stereocenters. The van der Waals surface area contributed by atoms with Gasteiger partial charge in [0.25, 0.3) is 0 Å². The van der Waals surface area contributed by atoms with Gasteiger partial charge in [-0.25, -0.2) is 4.98 Å². The average Bonchev–Trinajstić information content (AvgIpc) is 2.46. The van der Waals surface area contributed by atoms with E-state index in [4.69, 9.17) is 0 Å². The number of likely N-dealkylation sites (N-methyl/N-ethyl adjacent to an activating group) is 1. The minimum absolute atomic E-state index is 0.222. The molecule has 0 spiro atoms. The summed E-state index contributed by atoms with van der Waals surface area (Å²) in [5.74, 6) is -0.222. The Bertz CT molecular complexity index is 496. The maximum Gasteiger partial charge on any atom is 0.433 e. The van der Waals surface area contributed by atoms with Crippen LogP contribution in [0.25, 0.3) is 0 Å². The third-order valence-corrected chi connectivity index (χ3v) is 3.59. The van der Waals surface area contributed by atoms with Gasteiger partial charge in [-0.3, -0.25) is 4.79 Å². The molecule has 1 aliphatic rings. The summed E-state index contributed by atoms with van der Waals surface area (Å²) in [6.07, 6.45) is -3.13. The summed E-state index contributed by atoms with van der Waals surface area (Å²) in [5.41, 5.74) is -0.695. The molecule has 1 N–H and O–H groups in total. The first-order valence-electron chi connectivity index (χ1n) is 7.08. The highest BCUT2D eigenvalue weighted by Gasteiger charge is 2.32. The van der Waals surface area contributed by atoms with E-state index in [1.165, 1.54) is 6.07 Å². The van der Waals surface area contributed by atoms with Gasteiger partial charge in [-0.15, -0.1) is 0 Å². The Morgan fingerprint density at radius 3 is 2.50 bits per heavy atom. The quantitative estimate of drug-likeness (QED) is 0.918. The van der Waals surface area contributed by atoms with Gasteiger partial charge in [-0.2, -0.15) is 13.2 Å². The lowest BCUT2D eigenvalue weighted by molar-refractivity contribution is -0.141. The van der Waals surface area contributed by atoms with Crippen molar-refractivity contribution in [1.29, 1.82) is 0 Å². The molecule has 122 valence electrons. The Hall–Kier alpha value is -1.67. The molecular formula is C14H19F3N4O. The van der Waals surface area contributed by atoms with E-state index < -0.39 is 11.9 Å². The van der Waals surface area contributed by atoms with Crippen LogP contribution in [0.4, 0.5) is 18.9 Å². The molecule has 2 heterocycles. The minimum atomic E-state index is -4.47. The number of amides is 1. The third-order valence-electron chi connectivity index (χ3n) is 3.59. The molecule has 0 radical (unpaired) electrons. The van der Waals surface area contributed by atoms with Crippen molar-refractivity contribution >= 4 is 11.6 Å². The van der Waals surface area contributed by atoms with Gasteiger partial charge in [0.15, 0.2) is 0 Å². The van der Waals surface area contributed by atoms with Gasteiger partial charge in [0.2, 0.25) is 5.91 Å². The third kappa shape index (κ3) is 4.96. The van der Waals surface area contributed by atoms with Crippen LogP contribution >= 0.6 is 0 Å².